The number of amides is 1. The zero-order chi connectivity index (χ0) is 15.2. The Balaban J connectivity index is 1.88. The van der Waals surface area contributed by atoms with Gasteiger partial charge in [-0.25, -0.2) is 4.98 Å². The summed E-state index contributed by atoms with van der Waals surface area (Å²) >= 11 is 0. The van der Waals surface area contributed by atoms with E-state index >= 15 is 0 Å². The number of anilines is 1. The van der Waals surface area contributed by atoms with E-state index in [0.717, 1.165) is 39.2 Å². The number of hydrogen-bond acceptors (Lipinski definition) is 6. The second-order valence-electron chi connectivity index (χ2n) is 5.46. The van der Waals surface area contributed by atoms with Gasteiger partial charge in [-0.1, -0.05) is 0 Å². The van der Waals surface area contributed by atoms with E-state index in [0.29, 0.717) is 11.7 Å². The highest BCUT2D eigenvalue weighted by Gasteiger charge is 2.23. The summed E-state index contributed by atoms with van der Waals surface area (Å²) in [4.78, 5) is 23.9. The Morgan fingerprint density at radius 3 is 3.10 bits per heavy atom. The molecule has 116 valence electrons. The molecule has 2 N–H and O–H groups in total. The van der Waals surface area contributed by atoms with Gasteiger partial charge < -0.3 is 20.3 Å². The maximum Gasteiger partial charge on any atom is 0.268 e. The molecule has 0 aromatic carbocycles. The molecule has 1 fully saturated rings. The summed E-state index contributed by atoms with van der Waals surface area (Å²) in [5.74, 6) is 0.719. The van der Waals surface area contributed by atoms with E-state index in [1.54, 1.807) is 13.3 Å². The van der Waals surface area contributed by atoms with Crippen LogP contribution in [0, 0.1) is 5.92 Å². The average Bonchev–Trinajstić information content (AvgIpc) is 2.92. The highest BCUT2D eigenvalue weighted by Crippen LogP contribution is 2.19. The van der Waals surface area contributed by atoms with Gasteiger partial charge in [-0.3, -0.25) is 9.78 Å². The Bertz CT molecular complexity index is 482. The molecule has 7 heteroatoms. The number of ether oxygens (including phenoxy) is 1. The number of carbonyl (C=O) groups is 1. The second kappa shape index (κ2) is 7.33. The van der Waals surface area contributed by atoms with Crippen LogP contribution in [0.1, 0.15) is 16.9 Å². The first-order valence-corrected chi connectivity index (χ1v) is 7.14. The molecule has 0 bridgehead atoms. The number of hydrogen-bond donors (Lipinski definition) is 1. The molecular weight excluding hydrogens is 270 g/mol. The van der Waals surface area contributed by atoms with Gasteiger partial charge in [0, 0.05) is 33.8 Å². The van der Waals surface area contributed by atoms with E-state index in [2.05, 4.69) is 14.9 Å². The molecule has 0 radical (unpaired) electrons. The third-order valence-corrected chi connectivity index (χ3v) is 3.78. The van der Waals surface area contributed by atoms with Crippen molar-refractivity contribution in [3.8, 4) is 0 Å². The van der Waals surface area contributed by atoms with Crippen molar-refractivity contribution >= 4 is 11.7 Å². The predicted octanol–water partition coefficient (Wildman–Crippen LogP) is -0.0200. The van der Waals surface area contributed by atoms with Crippen molar-refractivity contribution in [2.75, 3.05) is 51.8 Å². The van der Waals surface area contributed by atoms with Crippen LogP contribution in [0.3, 0.4) is 0 Å². The lowest BCUT2D eigenvalue weighted by molar-refractivity contribution is 0.0995. The Hall–Kier alpha value is -1.73. The molecule has 1 amide bonds. The van der Waals surface area contributed by atoms with Crippen LogP contribution in [0.5, 0.6) is 0 Å². The van der Waals surface area contributed by atoms with E-state index in [4.69, 9.17) is 10.5 Å². The molecule has 7 nitrogen and oxygen atoms in total. The molecule has 1 atom stereocenters. The van der Waals surface area contributed by atoms with Gasteiger partial charge in [0.15, 0.2) is 0 Å². The molecule has 1 aromatic rings. The van der Waals surface area contributed by atoms with Gasteiger partial charge in [-0.15, -0.1) is 0 Å². The fourth-order valence-electron chi connectivity index (χ4n) is 2.62. The minimum absolute atomic E-state index is 0.201. The molecule has 1 saturated heterocycles. The summed E-state index contributed by atoms with van der Waals surface area (Å²) < 4.78 is 5.11. The van der Waals surface area contributed by atoms with Gasteiger partial charge in [0.25, 0.3) is 5.91 Å². The van der Waals surface area contributed by atoms with E-state index in [1.165, 1.54) is 6.20 Å². The van der Waals surface area contributed by atoms with Gasteiger partial charge in [0.1, 0.15) is 11.5 Å². The highest BCUT2D eigenvalue weighted by atomic mass is 16.5. The van der Waals surface area contributed by atoms with Crippen LogP contribution in [0.2, 0.25) is 0 Å². The van der Waals surface area contributed by atoms with Crippen molar-refractivity contribution in [2.45, 2.75) is 6.42 Å². The summed E-state index contributed by atoms with van der Waals surface area (Å²) in [7, 11) is 3.69. The Morgan fingerprint density at radius 2 is 2.38 bits per heavy atom. The van der Waals surface area contributed by atoms with Gasteiger partial charge in [0.2, 0.25) is 0 Å². The minimum atomic E-state index is -0.552. The zero-order valence-electron chi connectivity index (χ0n) is 12.7. The molecular formula is C14H23N5O2. The van der Waals surface area contributed by atoms with Crippen molar-refractivity contribution in [1.29, 1.82) is 0 Å². The van der Waals surface area contributed by atoms with Gasteiger partial charge in [-0.05, 0) is 18.9 Å². The lowest BCUT2D eigenvalue weighted by Gasteiger charge is -2.22. The standard InChI is InChI=1S/C14H23N5O2/c1-18(13-8-16-7-12(17-13)14(15)20)9-11-3-4-19(10-11)5-6-21-2/h7-8,11H,3-6,9-10H2,1-2H3,(H2,15,20)/t11-/m0/s1. The summed E-state index contributed by atoms with van der Waals surface area (Å²) in [6.45, 7) is 4.81. The second-order valence-corrected chi connectivity index (χ2v) is 5.46. The van der Waals surface area contributed by atoms with Crippen molar-refractivity contribution < 1.29 is 9.53 Å². The Morgan fingerprint density at radius 1 is 1.57 bits per heavy atom. The first-order chi connectivity index (χ1) is 10.1. The molecule has 0 spiro atoms. The largest absolute Gasteiger partial charge is 0.383 e. The highest BCUT2D eigenvalue weighted by molar-refractivity contribution is 5.90. The maximum atomic E-state index is 11.1. The molecule has 2 heterocycles. The number of rotatable bonds is 7. The lowest BCUT2D eigenvalue weighted by atomic mass is 10.1. The number of aromatic nitrogens is 2. The van der Waals surface area contributed by atoms with Gasteiger partial charge in [-0.2, -0.15) is 0 Å². The SMILES string of the molecule is COCCN1CC[C@@H](CN(C)c2cncc(C(N)=O)n2)C1. The minimum Gasteiger partial charge on any atom is -0.383 e. The molecule has 0 unspecified atom stereocenters. The third kappa shape index (κ3) is 4.37. The molecule has 2 rings (SSSR count). The average molecular weight is 293 g/mol. The third-order valence-electron chi connectivity index (χ3n) is 3.78. The first kappa shape index (κ1) is 15.7. The molecule has 21 heavy (non-hydrogen) atoms. The Labute approximate surface area is 125 Å². The number of nitrogens with zero attached hydrogens (tertiary/aromatic N) is 4. The van der Waals surface area contributed by atoms with Gasteiger partial charge in [0.05, 0.1) is 19.0 Å². The van der Waals surface area contributed by atoms with Crippen LogP contribution in [0.25, 0.3) is 0 Å². The van der Waals surface area contributed by atoms with Crippen molar-refractivity contribution in [3.05, 3.63) is 18.1 Å². The van der Waals surface area contributed by atoms with Crippen LogP contribution in [0.4, 0.5) is 5.82 Å². The van der Waals surface area contributed by atoms with Crippen LogP contribution in [-0.2, 0) is 4.74 Å². The lowest BCUT2D eigenvalue weighted by Crippen LogP contribution is -2.30. The normalized spacial score (nSPS) is 18.9. The van der Waals surface area contributed by atoms with Crippen molar-refractivity contribution in [3.63, 3.8) is 0 Å². The molecule has 1 aliphatic heterocycles. The van der Waals surface area contributed by atoms with Crippen molar-refractivity contribution in [2.24, 2.45) is 11.7 Å². The maximum absolute atomic E-state index is 11.1. The van der Waals surface area contributed by atoms with Gasteiger partial charge >= 0.3 is 0 Å². The first-order valence-electron chi connectivity index (χ1n) is 7.14. The predicted molar refractivity (Wildman–Crippen MR) is 80.2 cm³/mol. The summed E-state index contributed by atoms with van der Waals surface area (Å²) in [6, 6.07) is 0. The van der Waals surface area contributed by atoms with E-state index in [-0.39, 0.29) is 5.69 Å². The number of nitrogens with two attached hydrogens (primary N) is 1. The number of carbonyl (C=O) groups excluding carboxylic acids is 1. The number of methoxy groups -OCH3 is 1. The molecule has 1 aliphatic rings. The summed E-state index contributed by atoms with van der Waals surface area (Å²) in [5.41, 5.74) is 5.43. The zero-order valence-corrected chi connectivity index (χ0v) is 12.7. The topological polar surface area (TPSA) is 84.6 Å². The monoisotopic (exact) mass is 293 g/mol. The fourth-order valence-corrected chi connectivity index (χ4v) is 2.62. The summed E-state index contributed by atoms with van der Waals surface area (Å²) in [6.07, 6.45) is 4.21. The van der Waals surface area contributed by atoms with E-state index < -0.39 is 5.91 Å². The number of likely N-dealkylation sites (tertiary alicyclic amines) is 1. The summed E-state index contributed by atoms with van der Waals surface area (Å²) in [5, 5.41) is 0. The van der Waals surface area contributed by atoms with Crippen LogP contribution in [-0.4, -0.2) is 67.7 Å². The van der Waals surface area contributed by atoms with Crippen LogP contribution < -0.4 is 10.6 Å². The molecule has 1 aromatic heterocycles. The fraction of sp³-hybridized carbons (Fsp3) is 0.643. The Kier molecular flexibility index (Phi) is 5.46. The van der Waals surface area contributed by atoms with Crippen molar-refractivity contribution in [1.82, 2.24) is 14.9 Å². The molecule has 0 saturated carbocycles. The smallest absolute Gasteiger partial charge is 0.268 e. The van der Waals surface area contributed by atoms with Crippen LogP contribution >= 0.6 is 0 Å². The quantitative estimate of drug-likeness (QED) is 0.760. The number of primary amides is 1. The van der Waals surface area contributed by atoms with E-state index in [1.807, 2.05) is 11.9 Å². The van der Waals surface area contributed by atoms with Crippen LogP contribution in [0.15, 0.2) is 12.4 Å². The molecule has 0 aliphatic carbocycles. The van der Waals surface area contributed by atoms with E-state index in [9.17, 15) is 4.79 Å².